The lowest BCUT2D eigenvalue weighted by atomic mass is 10.5. The fourth-order valence-electron chi connectivity index (χ4n) is 1.16. The van der Waals surface area contributed by atoms with E-state index in [1.807, 2.05) is 0 Å². The predicted octanol–water partition coefficient (Wildman–Crippen LogP) is 2.73. The van der Waals surface area contributed by atoms with E-state index in [0.29, 0.717) is 4.47 Å². The average molecular weight is 334 g/mol. The number of halogens is 2. The molecular weight excluding hydrogens is 328 g/mol. The highest BCUT2D eigenvalue weighted by atomic mass is 79.9. The van der Waals surface area contributed by atoms with Gasteiger partial charge < -0.3 is 0 Å². The van der Waals surface area contributed by atoms with Gasteiger partial charge in [-0.3, -0.25) is 0 Å². The van der Waals surface area contributed by atoms with Gasteiger partial charge in [0.25, 0.3) is 0 Å². The fraction of sp³-hybridized carbons (Fsp3) is 0. The Labute approximate surface area is 112 Å². The number of nitrogens with zero attached hydrogens (tertiary/aromatic N) is 2. The van der Waals surface area contributed by atoms with Crippen molar-refractivity contribution >= 4 is 37.4 Å². The molecule has 17 heavy (non-hydrogen) atoms. The van der Waals surface area contributed by atoms with Crippen molar-refractivity contribution in [3.63, 3.8) is 0 Å². The summed E-state index contributed by atoms with van der Waals surface area (Å²) in [5.41, 5.74) is 0. The van der Waals surface area contributed by atoms with Crippen LogP contribution in [0.25, 0.3) is 0 Å². The first-order chi connectivity index (χ1) is 8.00. The molecule has 2 aromatic heterocycles. The average Bonchev–Trinajstić information content (AvgIpc) is 2.30. The first-order valence-electron chi connectivity index (χ1n) is 4.48. The molecule has 0 aliphatic rings. The van der Waals surface area contributed by atoms with E-state index in [9.17, 15) is 8.42 Å². The Morgan fingerprint density at radius 3 is 2.35 bits per heavy atom. The van der Waals surface area contributed by atoms with Crippen molar-refractivity contribution in [1.29, 1.82) is 0 Å². The first-order valence-corrected chi connectivity index (χ1v) is 7.14. The summed E-state index contributed by atoms with van der Waals surface area (Å²) in [5, 5.41) is 0.220. The maximum absolute atomic E-state index is 12.1. The van der Waals surface area contributed by atoms with E-state index in [2.05, 4.69) is 25.9 Å². The van der Waals surface area contributed by atoms with Gasteiger partial charge >= 0.3 is 0 Å². The summed E-state index contributed by atoms with van der Waals surface area (Å²) in [7, 11) is -3.63. The quantitative estimate of drug-likeness (QED) is 0.793. The molecule has 2 heterocycles. The minimum absolute atomic E-state index is 0.0233. The summed E-state index contributed by atoms with van der Waals surface area (Å²) >= 11 is 8.79. The lowest BCUT2D eigenvalue weighted by Gasteiger charge is -2.03. The van der Waals surface area contributed by atoms with Crippen molar-refractivity contribution in [2.75, 3.05) is 0 Å². The van der Waals surface area contributed by atoms with Crippen LogP contribution in [0.4, 0.5) is 0 Å². The standard InChI is InChI=1S/C10H6BrClN2O2S/c11-7-1-4-10(14-5-7)17(15,16)8-2-3-9(12)13-6-8/h1-6H. The summed E-state index contributed by atoms with van der Waals surface area (Å²) in [6, 6.07) is 5.86. The van der Waals surface area contributed by atoms with Gasteiger partial charge in [-0.25, -0.2) is 18.4 Å². The van der Waals surface area contributed by atoms with E-state index >= 15 is 0 Å². The second-order valence-electron chi connectivity index (χ2n) is 3.13. The van der Waals surface area contributed by atoms with Crippen LogP contribution < -0.4 is 0 Å². The molecule has 88 valence electrons. The minimum Gasteiger partial charge on any atom is -0.243 e. The SMILES string of the molecule is O=S(=O)(c1ccc(Cl)nc1)c1ccc(Br)cn1. The first kappa shape index (κ1) is 12.5. The van der Waals surface area contributed by atoms with Crippen LogP contribution in [0.3, 0.4) is 0 Å². The molecule has 0 saturated carbocycles. The summed E-state index contributed by atoms with van der Waals surface area (Å²) in [6.45, 7) is 0. The van der Waals surface area contributed by atoms with Crippen LogP contribution >= 0.6 is 27.5 Å². The number of hydrogen-bond acceptors (Lipinski definition) is 4. The molecule has 0 fully saturated rings. The molecule has 0 unspecified atom stereocenters. The molecule has 0 aliphatic heterocycles. The van der Waals surface area contributed by atoms with E-state index in [-0.39, 0.29) is 15.1 Å². The maximum atomic E-state index is 12.1. The summed E-state index contributed by atoms with van der Waals surface area (Å²) < 4.78 is 24.9. The summed E-state index contributed by atoms with van der Waals surface area (Å²) in [5.74, 6) is 0. The zero-order valence-electron chi connectivity index (χ0n) is 8.34. The van der Waals surface area contributed by atoms with E-state index in [4.69, 9.17) is 11.6 Å². The number of sulfone groups is 1. The zero-order valence-corrected chi connectivity index (χ0v) is 11.5. The Bertz CT molecular complexity index is 575. The largest absolute Gasteiger partial charge is 0.243 e. The number of pyridine rings is 2. The molecule has 2 rings (SSSR count). The second kappa shape index (κ2) is 4.72. The van der Waals surface area contributed by atoms with Crippen molar-refractivity contribution in [1.82, 2.24) is 9.97 Å². The zero-order chi connectivity index (χ0) is 12.5. The highest BCUT2D eigenvalue weighted by molar-refractivity contribution is 9.10. The van der Waals surface area contributed by atoms with E-state index in [1.165, 1.54) is 30.6 Å². The lowest BCUT2D eigenvalue weighted by molar-refractivity contribution is 0.592. The van der Waals surface area contributed by atoms with Gasteiger partial charge in [0.15, 0.2) is 5.03 Å². The topological polar surface area (TPSA) is 59.9 Å². The van der Waals surface area contributed by atoms with E-state index < -0.39 is 9.84 Å². The molecule has 0 spiro atoms. The van der Waals surface area contributed by atoms with Crippen LogP contribution in [-0.4, -0.2) is 18.4 Å². The molecule has 0 bridgehead atoms. The monoisotopic (exact) mass is 332 g/mol. The molecule has 4 nitrogen and oxygen atoms in total. The van der Waals surface area contributed by atoms with Crippen molar-refractivity contribution in [2.45, 2.75) is 9.92 Å². The van der Waals surface area contributed by atoms with Gasteiger partial charge in [0.2, 0.25) is 9.84 Å². The van der Waals surface area contributed by atoms with Gasteiger partial charge in [0, 0.05) is 16.9 Å². The normalized spacial score (nSPS) is 11.4. The van der Waals surface area contributed by atoms with E-state index in [1.54, 1.807) is 6.07 Å². The number of aromatic nitrogens is 2. The van der Waals surface area contributed by atoms with Crippen molar-refractivity contribution in [3.8, 4) is 0 Å². The van der Waals surface area contributed by atoms with Crippen LogP contribution in [0.1, 0.15) is 0 Å². The third kappa shape index (κ3) is 2.65. The summed E-state index contributed by atoms with van der Waals surface area (Å²) in [4.78, 5) is 7.66. The molecule has 0 aliphatic carbocycles. The molecule has 7 heteroatoms. The van der Waals surface area contributed by atoms with Crippen LogP contribution in [0.2, 0.25) is 5.15 Å². The smallest absolute Gasteiger partial charge is 0.225 e. The Morgan fingerprint density at radius 2 is 1.82 bits per heavy atom. The highest BCUT2D eigenvalue weighted by Gasteiger charge is 2.19. The minimum atomic E-state index is -3.63. The molecule has 0 N–H and O–H groups in total. The van der Waals surface area contributed by atoms with Gasteiger partial charge in [0.05, 0.1) is 4.90 Å². The van der Waals surface area contributed by atoms with Crippen molar-refractivity contribution in [3.05, 3.63) is 46.3 Å². The van der Waals surface area contributed by atoms with Crippen molar-refractivity contribution < 1.29 is 8.42 Å². The molecule has 0 atom stereocenters. The second-order valence-corrected chi connectivity index (χ2v) is 6.33. The molecule has 0 radical (unpaired) electrons. The molecule has 0 aromatic carbocycles. The van der Waals surface area contributed by atoms with Gasteiger partial charge in [-0.1, -0.05) is 11.6 Å². The number of hydrogen-bond donors (Lipinski definition) is 0. The van der Waals surface area contributed by atoms with Crippen molar-refractivity contribution in [2.24, 2.45) is 0 Å². The molecule has 0 amide bonds. The van der Waals surface area contributed by atoms with Crippen LogP contribution in [0.5, 0.6) is 0 Å². The molecule has 2 aromatic rings. The Hall–Kier alpha value is -0.980. The highest BCUT2D eigenvalue weighted by Crippen LogP contribution is 2.20. The van der Waals surface area contributed by atoms with Crippen LogP contribution in [0.15, 0.2) is 51.1 Å². The third-order valence-corrected chi connectivity index (χ3v) is 4.33. The number of rotatable bonds is 2. The maximum Gasteiger partial charge on any atom is 0.225 e. The Balaban J connectivity index is 2.50. The third-order valence-electron chi connectivity index (χ3n) is 1.99. The lowest BCUT2D eigenvalue weighted by Crippen LogP contribution is -2.04. The fourth-order valence-corrected chi connectivity index (χ4v) is 2.63. The Morgan fingerprint density at radius 1 is 1.06 bits per heavy atom. The van der Waals surface area contributed by atoms with Crippen LogP contribution in [0, 0.1) is 0 Å². The van der Waals surface area contributed by atoms with E-state index in [0.717, 1.165) is 0 Å². The van der Waals surface area contributed by atoms with Gasteiger partial charge in [0.1, 0.15) is 5.15 Å². The Kier molecular flexibility index (Phi) is 3.46. The van der Waals surface area contributed by atoms with Gasteiger partial charge in [-0.15, -0.1) is 0 Å². The van der Waals surface area contributed by atoms with Gasteiger partial charge in [-0.05, 0) is 40.2 Å². The van der Waals surface area contributed by atoms with Gasteiger partial charge in [-0.2, -0.15) is 0 Å². The predicted molar refractivity (Wildman–Crippen MR) is 66.6 cm³/mol. The molecule has 0 saturated heterocycles. The molecular formula is C10H6BrClN2O2S. The summed E-state index contributed by atoms with van der Waals surface area (Å²) in [6.07, 6.45) is 2.64. The van der Waals surface area contributed by atoms with Crippen LogP contribution in [-0.2, 0) is 9.84 Å².